The van der Waals surface area contributed by atoms with Crippen LogP contribution in [0.3, 0.4) is 0 Å². The Bertz CT molecular complexity index is 900. The second-order valence-electron chi connectivity index (χ2n) is 6.37. The van der Waals surface area contributed by atoms with Gasteiger partial charge in [0.1, 0.15) is 0 Å². The van der Waals surface area contributed by atoms with E-state index < -0.39 is 14.9 Å². The van der Waals surface area contributed by atoms with Crippen LogP contribution in [0.25, 0.3) is 0 Å². The smallest absolute Gasteiger partial charge is 0.273 e. The number of nitrogens with zero attached hydrogens (tertiary/aromatic N) is 2. The Labute approximate surface area is 152 Å². The zero-order valence-corrected chi connectivity index (χ0v) is 15.3. The first-order valence-corrected chi connectivity index (χ1v) is 9.89. The minimum atomic E-state index is -3.79. The Morgan fingerprint density at radius 1 is 1.15 bits per heavy atom. The van der Waals surface area contributed by atoms with Gasteiger partial charge in [0.05, 0.1) is 9.82 Å². The number of nitro benzene ring substituents is 1. The van der Waals surface area contributed by atoms with E-state index in [0.29, 0.717) is 13.1 Å². The van der Waals surface area contributed by atoms with E-state index in [4.69, 9.17) is 0 Å². The molecule has 1 atom stereocenters. The predicted molar refractivity (Wildman–Crippen MR) is 99.7 cm³/mol. The lowest BCUT2D eigenvalue weighted by Crippen LogP contribution is -2.45. The van der Waals surface area contributed by atoms with Crippen molar-refractivity contribution in [3.05, 3.63) is 64.2 Å². The third kappa shape index (κ3) is 3.71. The largest absolute Gasteiger partial charge is 0.381 e. The summed E-state index contributed by atoms with van der Waals surface area (Å²) in [5.41, 5.74) is 0.945. The third-order valence-electron chi connectivity index (χ3n) is 4.60. The Morgan fingerprint density at radius 2 is 1.88 bits per heavy atom. The van der Waals surface area contributed by atoms with Crippen molar-refractivity contribution in [2.45, 2.75) is 30.7 Å². The standard InChI is InChI=1S/C18H21N3O4S/c1-14-17(21(22)23)10-5-11-18(14)26(24,25)20-12-6-9-16(13-20)19-15-7-3-2-4-8-15/h2-5,7-8,10-11,16,19H,6,9,12-13H2,1H3. The summed E-state index contributed by atoms with van der Waals surface area (Å²) in [7, 11) is -3.79. The molecule has 138 valence electrons. The summed E-state index contributed by atoms with van der Waals surface area (Å²) < 4.78 is 27.5. The number of piperidine rings is 1. The van der Waals surface area contributed by atoms with E-state index in [2.05, 4.69) is 5.32 Å². The molecule has 0 amide bonds. The number of nitrogens with one attached hydrogen (secondary N) is 1. The van der Waals surface area contributed by atoms with Gasteiger partial charge in [0.25, 0.3) is 5.69 Å². The number of anilines is 1. The monoisotopic (exact) mass is 375 g/mol. The Balaban J connectivity index is 1.83. The maximum Gasteiger partial charge on any atom is 0.273 e. The van der Waals surface area contributed by atoms with E-state index in [1.54, 1.807) is 0 Å². The van der Waals surface area contributed by atoms with Crippen molar-refractivity contribution in [3.63, 3.8) is 0 Å². The van der Waals surface area contributed by atoms with E-state index >= 15 is 0 Å². The number of para-hydroxylation sites is 1. The SMILES string of the molecule is Cc1c([N+](=O)[O-])cccc1S(=O)(=O)N1CCCC(Nc2ccccc2)C1. The quantitative estimate of drug-likeness (QED) is 0.640. The lowest BCUT2D eigenvalue weighted by atomic mass is 10.1. The van der Waals surface area contributed by atoms with Crippen molar-refractivity contribution >= 4 is 21.4 Å². The molecule has 1 unspecified atom stereocenters. The first-order valence-electron chi connectivity index (χ1n) is 8.45. The number of rotatable bonds is 5. The molecule has 2 aromatic rings. The van der Waals surface area contributed by atoms with Crippen LogP contribution in [0.1, 0.15) is 18.4 Å². The molecule has 0 saturated carbocycles. The van der Waals surface area contributed by atoms with Crippen LogP contribution < -0.4 is 5.32 Å². The molecule has 1 saturated heterocycles. The van der Waals surface area contributed by atoms with Gasteiger partial charge in [-0.3, -0.25) is 10.1 Å². The zero-order valence-electron chi connectivity index (χ0n) is 14.5. The molecule has 1 fully saturated rings. The van der Waals surface area contributed by atoms with Gasteiger partial charge in [-0.2, -0.15) is 4.31 Å². The minimum Gasteiger partial charge on any atom is -0.381 e. The van der Waals surface area contributed by atoms with Gasteiger partial charge in [-0.15, -0.1) is 0 Å². The Kier molecular flexibility index (Phi) is 5.24. The highest BCUT2D eigenvalue weighted by atomic mass is 32.2. The van der Waals surface area contributed by atoms with Crippen LogP contribution in [0.15, 0.2) is 53.4 Å². The molecule has 8 heteroatoms. The van der Waals surface area contributed by atoms with Crippen molar-refractivity contribution in [2.24, 2.45) is 0 Å². The molecule has 1 aliphatic rings. The fourth-order valence-corrected chi connectivity index (χ4v) is 5.03. The van der Waals surface area contributed by atoms with Crippen LogP contribution >= 0.6 is 0 Å². The van der Waals surface area contributed by atoms with Gasteiger partial charge in [0.15, 0.2) is 0 Å². The molecule has 1 aliphatic heterocycles. The third-order valence-corrected chi connectivity index (χ3v) is 6.61. The molecule has 7 nitrogen and oxygen atoms in total. The topological polar surface area (TPSA) is 92.5 Å². The first kappa shape index (κ1) is 18.3. The van der Waals surface area contributed by atoms with E-state index in [0.717, 1.165) is 18.5 Å². The number of sulfonamides is 1. The van der Waals surface area contributed by atoms with Gasteiger partial charge in [-0.05, 0) is 38.0 Å². The summed E-state index contributed by atoms with van der Waals surface area (Å²) in [6.45, 7) is 2.23. The van der Waals surface area contributed by atoms with Gasteiger partial charge < -0.3 is 5.32 Å². The van der Waals surface area contributed by atoms with Crippen LogP contribution in [0.5, 0.6) is 0 Å². The highest BCUT2D eigenvalue weighted by Crippen LogP contribution is 2.29. The molecular weight excluding hydrogens is 354 g/mol. The fourth-order valence-electron chi connectivity index (χ4n) is 3.27. The Morgan fingerprint density at radius 3 is 2.58 bits per heavy atom. The number of nitro groups is 1. The molecule has 0 radical (unpaired) electrons. The Hall–Kier alpha value is -2.45. The van der Waals surface area contributed by atoms with Crippen LogP contribution in [-0.4, -0.2) is 36.8 Å². The molecule has 0 bridgehead atoms. The number of hydrogen-bond donors (Lipinski definition) is 1. The molecule has 1 heterocycles. The van der Waals surface area contributed by atoms with Crippen molar-refractivity contribution < 1.29 is 13.3 Å². The van der Waals surface area contributed by atoms with Gasteiger partial charge in [-0.1, -0.05) is 24.3 Å². The maximum absolute atomic E-state index is 13.1. The van der Waals surface area contributed by atoms with Crippen molar-refractivity contribution in [1.29, 1.82) is 0 Å². The molecule has 3 rings (SSSR count). The van der Waals surface area contributed by atoms with E-state index in [1.165, 1.54) is 29.4 Å². The van der Waals surface area contributed by atoms with Crippen molar-refractivity contribution in [3.8, 4) is 0 Å². The van der Waals surface area contributed by atoms with E-state index in [9.17, 15) is 18.5 Å². The molecule has 0 aromatic heterocycles. The van der Waals surface area contributed by atoms with Gasteiger partial charge >= 0.3 is 0 Å². The average Bonchev–Trinajstić information content (AvgIpc) is 2.62. The van der Waals surface area contributed by atoms with Crippen molar-refractivity contribution in [1.82, 2.24) is 4.31 Å². The van der Waals surface area contributed by atoms with Crippen LogP contribution in [-0.2, 0) is 10.0 Å². The second-order valence-corrected chi connectivity index (χ2v) is 8.28. The number of hydrogen-bond acceptors (Lipinski definition) is 5. The highest BCUT2D eigenvalue weighted by Gasteiger charge is 2.32. The lowest BCUT2D eigenvalue weighted by molar-refractivity contribution is -0.385. The molecule has 2 aromatic carbocycles. The molecule has 26 heavy (non-hydrogen) atoms. The summed E-state index contributed by atoms with van der Waals surface area (Å²) in [6.07, 6.45) is 1.60. The summed E-state index contributed by atoms with van der Waals surface area (Å²) in [5, 5.41) is 14.5. The average molecular weight is 375 g/mol. The normalized spacial score (nSPS) is 18.4. The fraction of sp³-hybridized carbons (Fsp3) is 0.333. The van der Waals surface area contributed by atoms with E-state index in [-0.39, 0.29) is 22.2 Å². The first-order chi connectivity index (χ1) is 12.4. The summed E-state index contributed by atoms with van der Waals surface area (Å²) in [6, 6.07) is 13.8. The van der Waals surface area contributed by atoms with E-state index in [1.807, 2.05) is 30.3 Å². The molecular formula is C18H21N3O4S. The second kappa shape index (κ2) is 7.43. The van der Waals surface area contributed by atoms with Gasteiger partial charge in [0, 0.05) is 36.4 Å². The van der Waals surface area contributed by atoms with Crippen molar-refractivity contribution in [2.75, 3.05) is 18.4 Å². The number of benzene rings is 2. The minimum absolute atomic E-state index is 0.0000656. The van der Waals surface area contributed by atoms with Gasteiger partial charge in [-0.25, -0.2) is 8.42 Å². The summed E-state index contributed by atoms with van der Waals surface area (Å²) >= 11 is 0. The van der Waals surface area contributed by atoms with Crippen LogP contribution in [0.2, 0.25) is 0 Å². The highest BCUT2D eigenvalue weighted by molar-refractivity contribution is 7.89. The zero-order chi connectivity index (χ0) is 18.7. The molecule has 0 spiro atoms. The van der Waals surface area contributed by atoms with Crippen LogP contribution in [0, 0.1) is 17.0 Å². The molecule has 0 aliphatic carbocycles. The molecule has 1 N–H and O–H groups in total. The lowest BCUT2D eigenvalue weighted by Gasteiger charge is -2.33. The summed E-state index contributed by atoms with van der Waals surface area (Å²) in [4.78, 5) is 10.6. The summed E-state index contributed by atoms with van der Waals surface area (Å²) in [5.74, 6) is 0. The van der Waals surface area contributed by atoms with Crippen LogP contribution in [0.4, 0.5) is 11.4 Å². The predicted octanol–water partition coefficient (Wildman–Crippen LogP) is 3.17. The maximum atomic E-state index is 13.1. The van der Waals surface area contributed by atoms with Gasteiger partial charge in [0.2, 0.25) is 10.0 Å².